The van der Waals surface area contributed by atoms with Crippen molar-refractivity contribution < 1.29 is 29.1 Å². The lowest BCUT2D eigenvalue weighted by atomic mass is 10.00. The molecule has 13 N–H and O–H groups in total. The zero-order valence-electron chi connectivity index (χ0n) is 23.8. The van der Waals surface area contributed by atoms with Gasteiger partial charge in [0.25, 0.3) is 0 Å². The second-order valence-electron chi connectivity index (χ2n) is 10.3. The van der Waals surface area contributed by atoms with Gasteiger partial charge in [0, 0.05) is 30.1 Å². The zero-order chi connectivity index (χ0) is 31.4. The standard InChI is InChI=1S/C27H41N9O6/c1-14(2)22(36-23(38)17(28)12-15-13-33-18-7-4-3-6-16(15)18)25(40)34-19(8-5-11-32-27(30)31)24(39)35-20(26(41)42)9-10-21(29)37/h3-4,6-7,13-14,17,19-20,22,33H,5,8-12,28H2,1-2H3,(H2,29,37)(H,34,40)(H,35,39)(H,36,38)(H,41,42)(H4,30,31,32). The Morgan fingerprint density at radius 2 is 1.60 bits per heavy atom. The SMILES string of the molecule is CC(C)C(NC(=O)C(N)Cc1c[nH]c2ccccc12)C(=O)NC(CCCN=C(N)N)C(=O)NC(CCC(N)=O)C(=O)O. The Kier molecular flexibility index (Phi) is 12.7. The van der Waals surface area contributed by atoms with Gasteiger partial charge in [-0.25, -0.2) is 4.79 Å². The molecule has 15 heteroatoms. The number of hydrogen-bond acceptors (Lipinski definition) is 7. The average Bonchev–Trinajstić information content (AvgIpc) is 3.32. The molecule has 0 aliphatic heterocycles. The topological polar surface area (TPSA) is 274 Å². The lowest BCUT2D eigenvalue weighted by Crippen LogP contribution is -2.58. The van der Waals surface area contributed by atoms with Gasteiger partial charge >= 0.3 is 5.97 Å². The number of aliphatic imine (C=N–C) groups is 1. The van der Waals surface area contributed by atoms with Crippen LogP contribution in [0.3, 0.4) is 0 Å². The van der Waals surface area contributed by atoms with Crippen molar-refractivity contribution in [3.63, 3.8) is 0 Å². The van der Waals surface area contributed by atoms with E-state index in [1.165, 1.54) is 0 Å². The van der Waals surface area contributed by atoms with Gasteiger partial charge in [0.2, 0.25) is 23.6 Å². The third kappa shape index (κ3) is 10.4. The van der Waals surface area contributed by atoms with Gasteiger partial charge in [-0.2, -0.15) is 0 Å². The smallest absolute Gasteiger partial charge is 0.326 e. The summed E-state index contributed by atoms with van der Waals surface area (Å²) in [7, 11) is 0. The van der Waals surface area contributed by atoms with Crippen LogP contribution in [0, 0.1) is 5.92 Å². The summed E-state index contributed by atoms with van der Waals surface area (Å²) in [6, 6.07) is 2.97. The Morgan fingerprint density at radius 1 is 0.929 bits per heavy atom. The van der Waals surface area contributed by atoms with E-state index in [1.54, 1.807) is 20.0 Å². The molecule has 0 fully saturated rings. The molecule has 1 aromatic carbocycles. The minimum Gasteiger partial charge on any atom is -0.480 e. The molecule has 42 heavy (non-hydrogen) atoms. The van der Waals surface area contributed by atoms with Crippen LogP contribution in [0.4, 0.5) is 0 Å². The summed E-state index contributed by atoms with van der Waals surface area (Å²) < 4.78 is 0. The van der Waals surface area contributed by atoms with Crippen LogP contribution >= 0.6 is 0 Å². The number of primary amides is 1. The number of nitrogens with one attached hydrogen (secondary N) is 4. The van der Waals surface area contributed by atoms with Crippen molar-refractivity contribution in [2.45, 2.75) is 70.1 Å². The summed E-state index contributed by atoms with van der Waals surface area (Å²) in [6.07, 6.45) is 1.83. The number of nitrogens with zero attached hydrogens (tertiary/aromatic N) is 1. The molecule has 0 spiro atoms. The van der Waals surface area contributed by atoms with Crippen LogP contribution in [0.1, 0.15) is 45.1 Å². The van der Waals surface area contributed by atoms with Crippen LogP contribution in [0.15, 0.2) is 35.5 Å². The predicted molar refractivity (Wildman–Crippen MR) is 157 cm³/mol. The molecule has 0 aliphatic carbocycles. The van der Waals surface area contributed by atoms with Crippen molar-refractivity contribution >= 4 is 46.5 Å². The predicted octanol–water partition coefficient (Wildman–Crippen LogP) is -1.45. The van der Waals surface area contributed by atoms with Gasteiger partial charge in [-0.15, -0.1) is 0 Å². The molecule has 15 nitrogen and oxygen atoms in total. The number of rotatable bonds is 17. The third-order valence-corrected chi connectivity index (χ3v) is 6.57. The fourth-order valence-corrected chi connectivity index (χ4v) is 4.28. The van der Waals surface area contributed by atoms with Crippen LogP contribution in [-0.2, 0) is 30.4 Å². The monoisotopic (exact) mass is 587 g/mol. The number of nitrogens with two attached hydrogens (primary N) is 4. The second-order valence-corrected chi connectivity index (χ2v) is 10.3. The lowest BCUT2D eigenvalue weighted by molar-refractivity contribution is -0.142. The van der Waals surface area contributed by atoms with Crippen LogP contribution in [0.2, 0.25) is 0 Å². The largest absolute Gasteiger partial charge is 0.480 e. The van der Waals surface area contributed by atoms with E-state index in [1.807, 2.05) is 24.3 Å². The van der Waals surface area contributed by atoms with Crippen molar-refractivity contribution in [3.8, 4) is 0 Å². The Bertz CT molecular complexity index is 1290. The van der Waals surface area contributed by atoms with Crippen LogP contribution in [0.25, 0.3) is 10.9 Å². The number of guanidine groups is 1. The van der Waals surface area contributed by atoms with E-state index in [0.29, 0.717) is 0 Å². The summed E-state index contributed by atoms with van der Waals surface area (Å²) in [6.45, 7) is 3.58. The molecule has 0 saturated heterocycles. The van der Waals surface area contributed by atoms with E-state index >= 15 is 0 Å². The van der Waals surface area contributed by atoms with Crippen molar-refractivity contribution in [1.82, 2.24) is 20.9 Å². The average molecular weight is 588 g/mol. The summed E-state index contributed by atoms with van der Waals surface area (Å²) in [5, 5.41) is 18.0. The minimum atomic E-state index is -1.41. The third-order valence-electron chi connectivity index (χ3n) is 6.57. The molecule has 2 aromatic rings. The van der Waals surface area contributed by atoms with Crippen molar-refractivity contribution in [1.29, 1.82) is 0 Å². The first-order valence-corrected chi connectivity index (χ1v) is 13.6. The van der Waals surface area contributed by atoms with Gasteiger partial charge in [-0.3, -0.25) is 24.2 Å². The van der Waals surface area contributed by atoms with Gasteiger partial charge in [0.15, 0.2) is 5.96 Å². The summed E-state index contributed by atoms with van der Waals surface area (Å²) in [5.74, 6) is -4.65. The molecule has 4 amide bonds. The number of carboxylic acids is 1. The number of fused-ring (bicyclic) bond motifs is 1. The van der Waals surface area contributed by atoms with Crippen molar-refractivity contribution in [2.24, 2.45) is 33.8 Å². The molecule has 2 rings (SSSR count). The molecular weight excluding hydrogens is 546 g/mol. The van der Waals surface area contributed by atoms with Crippen molar-refractivity contribution in [3.05, 3.63) is 36.0 Å². The van der Waals surface area contributed by atoms with E-state index in [2.05, 4.69) is 25.9 Å². The number of carboxylic acid groups (broad SMARTS) is 1. The highest BCUT2D eigenvalue weighted by molar-refractivity contribution is 5.94. The Labute approximate surface area is 243 Å². The number of amides is 4. The van der Waals surface area contributed by atoms with Crippen molar-refractivity contribution in [2.75, 3.05) is 6.54 Å². The number of carbonyl (C=O) groups is 5. The fourth-order valence-electron chi connectivity index (χ4n) is 4.28. The first-order chi connectivity index (χ1) is 19.8. The fraction of sp³-hybridized carbons (Fsp3) is 0.481. The normalized spacial score (nSPS) is 13.9. The number of aromatic nitrogens is 1. The van der Waals surface area contributed by atoms with E-state index in [9.17, 15) is 29.1 Å². The zero-order valence-corrected chi connectivity index (χ0v) is 23.8. The first-order valence-electron chi connectivity index (χ1n) is 13.6. The maximum atomic E-state index is 13.3. The maximum absolute atomic E-state index is 13.3. The van der Waals surface area contributed by atoms with Gasteiger partial charge in [0.05, 0.1) is 6.04 Å². The summed E-state index contributed by atoms with van der Waals surface area (Å²) in [5.41, 5.74) is 23.7. The molecule has 1 aromatic heterocycles. The Morgan fingerprint density at radius 3 is 2.21 bits per heavy atom. The quantitative estimate of drug-likeness (QED) is 0.0594. The number of H-pyrrole nitrogens is 1. The number of aliphatic carboxylic acids is 1. The van der Waals surface area contributed by atoms with E-state index < -0.39 is 53.8 Å². The van der Waals surface area contributed by atoms with Gasteiger partial charge in [-0.1, -0.05) is 32.0 Å². The maximum Gasteiger partial charge on any atom is 0.326 e. The van der Waals surface area contributed by atoms with E-state index in [0.717, 1.165) is 16.5 Å². The minimum absolute atomic E-state index is 0.0509. The summed E-state index contributed by atoms with van der Waals surface area (Å²) >= 11 is 0. The van der Waals surface area contributed by atoms with E-state index in [4.69, 9.17) is 22.9 Å². The molecule has 0 bridgehead atoms. The molecule has 4 unspecified atom stereocenters. The highest BCUT2D eigenvalue weighted by atomic mass is 16.4. The first kappa shape index (κ1) is 33.5. The molecule has 0 aliphatic rings. The molecular formula is C27H41N9O6. The van der Waals surface area contributed by atoms with Crippen LogP contribution in [-0.4, -0.2) is 76.4 Å². The second kappa shape index (κ2) is 16.0. The summed E-state index contributed by atoms with van der Waals surface area (Å²) in [4.78, 5) is 69.2. The molecule has 0 saturated carbocycles. The molecule has 0 radical (unpaired) electrons. The molecule has 4 atom stereocenters. The molecule has 1 heterocycles. The number of benzene rings is 1. The number of para-hydroxylation sites is 1. The highest BCUT2D eigenvalue weighted by Gasteiger charge is 2.31. The number of aromatic amines is 1. The van der Waals surface area contributed by atoms with Crippen LogP contribution in [0.5, 0.6) is 0 Å². The molecule has 230 valence electrons. The Hall–Kier alpha value is -4.66. The highest BCUT2D eigenvalue weighted by Crippen LogP contribution is 2.19. The van der Waals surface area contributed by atoms with E-state index in [-0.39, 0.29) is 50.5 Å². The van der Waals surface area contributed by atoms with Crippen LogP contribution < -0.4 is 38.9 Å². The van der Waals surface area contributed by atoms with Gasteiger partial charge in [-0.05, 0) is 43.2 Å². The lowest BCUT2D eigenvalue weighted by Gasteiger charge is -2.27. The Balaban J connectivity index is 2.13. The van der Waals surface area contributed by atoms with Gasteiger partial charge < -0.3 is 49.0 Å². The number of carbonyl (C=O) groups excluding carboxylic acids is 4. The van der Waals surface area contributed by atoms with Gasteiger partial charge in [0.1, 0.15) is 18.1 Å². The number of hydrogen-bond donors (Lipinski definition) is 9.